The van der Waals surface area contributed by atoms with Crippen molar-refractivity contribution in [2.75, 3.05) is 7.11 Å². The number of carbonyl (C=O) groups is 1. The fourth-order valence-corrected chi connectivity index (χ4v) is 2.24. The number of halogens is 3. The van der Waals surface area contributed by atoms with Gasteiger partial charge in [-0.1, -0.05) is 40.6 Å². The van der Waals surface area contributed by atoms with Crippen LogP contribution < -0.4 is 4.74 Å². The van der Waals surface area contributed by atoms with E-state index in [1.165, 1.54) is 33.1 Å². The maximum absolute atomic E-state index is 12.8. The van der Waals surface area contributed by atoms with Crippen molar-refractivity contribution in [2.24, 2.45) is 10.3 Å². The van der Waals surface area contributed by atoms with Crippen molar-refractivity contribution in [1.29, 1.82) is 0 Å². The van der Waals surface area contributed by atoms with E-state index in [9.17, 15) is 18.0 Å². The van der Waals surface area contributed by atoms with E-state index in [0.717, 1.165) is 12.1 Å². The van der Waals surface area contributed by atoms with Gasteiger partial charge in [0.1, 0.15) is 19.5 Å². The molecule has 0 radical (unpaired) electrons. The predicted octanol–water partition coefficient (Wildman–Crippen LogP) is 4.57. The number of alkyl halides is 3. The number of rotatable bonds is 7. The van der Waals surface area contributed by atoms with E-state index in [-0.39, 0.29) is 29.3 Å². The largest absolute Gasteiger partial charge is 0.422 e. The quantitative estimate of drug-likeness (QED) is 0.291. The highest BCUT2D eigenvalue weighted by Gasteiger charge is 2.30. The summed E-state index contributed by atoms with van der Waals surface area (Å²) in [5, 5.41) is 7.37. The second-order valence-corrected chi connectivity index (χ2v) is 5.89. The van der Waals surface area contributed by atoms with Crippen molar-refractivity contribution in [2.45, 2.75) is 26.6 Å². The Morgan fingerprint density at radius 1 is 1.03 bits per heavy atom. The fraction of sp³-hybridized carbons (Fsp3) is 0.250. The van der Waals surface area contributed by atoms with Gasteiger partial charge in [0.25, 0.3) is 0 Å². The Morgan fingerprint density at radius 2 is 1.76 bits per heavy atom. The Balaban J connectivity index is 2.09. The molecule has 9 heteroatoms. The molecule has 0 aliphatic carbocycles. The third kappa shape index (κ3) is 6.34. The van der Waals surface area contributed by atoms with Crippen molar-refractivity contribution in [3.8, 4) is 5.75 Å². The lowest BCUT2D eigenvalue weighted by Crippen LogP contribution is -2.18. The molecule has 2 aromatic rings. The minimum atomic E-state index is -4.44. The lowest BCUT2D eigenvalue weighted by atomic mass is 10.1. The lowest BCUT2D eigenvalue weighted by molar-refractivity contribution is -0.137. The Labute approximate surface area is 165 Å². The molecule has 0 heterocycles. The van der Waals surface area contributed by atoms with E-state index in [2.05, 4.69) is 15.1 Å². The maximum atomic E-state index is 12.8. The molecule has 0 aromatic heterocycles. The van der Waals surface area contributed by atoms with E-state index in [0.29, 0.717) is 5.56 Å². The first-order valence-corrected chi connectivity index (χ1v) is 8.44. The van der Waals surface area contributed by atoms with Crippen LogP contribution in [-0.4, -0.2) is 24.5 Å². The molecule has 0 spiro atoms. The Morgan fingerprint density at radius 3 is 2.45 bits per heavy atom. The molecule has 0 unspecified atom stereocenters. The zero-order chi connectivity index (χ0) is 21.4. The van der Waals surface area contributed by atoms with Crippen LogP contribution in [0.2, 0.25) is 0 Å². The Hall–Kier alpha value is -3.36. The van der Waals surface area contributed by atoms with Crippen molar-refractivity contribution < 1.29 is 32.4 Å². The highest BCUT2D eigenvalue weighted by molar-refractivity contribution is 6.35. The second kappa shape index (κ2) is 9.72. The number of hydrogen-bond acceptors (Lipinski definition) is 6. The van der Waals surface area contributed by atoms with Gasteiger partial charge in [-0.3, -0.25) is 0 Å². The molecule has 0 saturated carbocycles. The van der Waals surface area contributed by atoms with Gasteiger partial charge in [-0.15, -0.1) is 0 Å². The number of esters is 1. The van der Waals surface area contributed by atoms with E-state index in [4.69, 9.17) is 9.57 Å². The molecule has 2 aromatic carbocycles. The van der Waals surface area contributed by atoms with E-state index < -0.39 is 17.7 Å². The van der Waals surface area contributed by atoms with E-state index >= 15 is 0 Å². The van der Waals surface area contributed by atoms with Gasteiger partial charge in [-0.2, -0.15) is 13.2 Å². The monoisotopic (exact) mass is 408 g/mol. The molecule has 0 aliphatic rings. The summed E-state index contributed by atoms with van der Waals surface area (Å²) in [4.78, 5) is 21.7. The maximum Gasteiger partial charge on any atom is 0.416 e. The standard InChI is InChI=1S/C20H19F3N2O4/c1-13(15-8-6-9-17(11-15)20(21,22)23)25-28-12-16-7-4-5-10-18(16)29-19(26)14(2)24-27-3/h4-11H,12H2,1-3H3/b24-14+,25-13+. The number of para-hydroxylation sites is 1. The van der Waals surface area contributed by atoms with Crippen molar-refractivity contribution in [1.82, 2.24) is 0 Å². The zero-order valence-corrected chi connectivity index (χ0v) is 16.0. The molecular weight excluding hydrogens is 389 g/mol. The Bertz CT molecular complexity index is 924. The molecule has 0 fully saturated rings. The van der Waals surface area contributed by atoms with Crippen LogP contribution in [0.15, 0.2) is 58.8 Å². The summed E-state index contributed by atoms with van der Waals surface area (Å²) in [5.41, 5.74) is 0.336. The molecule has 154 valence electrons. The van der Waals surface area contributed by atoms with Gasteiger partial charge in [0.2, 0.25) is 0 Å². The summed E-state index contributed by atoms with van der Waals surface area (Å²) in [6, 6.07) is 11.4. The van der Waals surface area contributed by atoms with Crippen LogP contribution in [0.3, 0.4) is 0 Å². The van der Waals surface area contributed by atoms with Gasteiger partial charge in [-0.05, 0) is 37.6 Å². The molecule has 0 bridgehead atoms. The summed E-state index contributed by atoms with van der Waals surface area (Å²) in [5.74, 6) is -0.446. The average molecular weight is 408 g/mol. The summed E-state index contributed by atoms with van der Waals surface area (Å²) in [6.45, 7) is 2.92. The molecule has 0 saturated heterocycles. The number of ether oxygens (including phenoxy) is 1. The van der Waals surface area contributed by atoms with Crippen LogP contribution in [0.5, 0.6) is 5.75 Å². The SMILES string of the molecule is CO/N=C(\C)C(=O)Oc1ccccc1CO/N=C(\C)c1cccc(C(F)(F)F)c1. The number of oxime groups is 2. The number of carbonyl (C=O) groups excluding carboxylic acids is 1. The molecule has 2 rings (SSSR count). The normalized spacial score (nSPS) is 12.5. The van der Waals surface area contributed by atoms with Crippen LogP contribution in [0.1, 0.15) is 30.5 Å². The minimum Gasteiger partial charge on any atom is -0.422 e. The van der Waals surface area contributed by atoms with Gasteiger partial charge in [0.05, 0.1) is 11.3 Å². The zero-order valence-electron chi connectivity index (χ0n) is 16.0. The van der Waals surface area contributed by atoms with Gasteiger partial charge in [0, 0.05) is 5.56 Å². The van der Waals surface area contributed by atoms with Crippen LogP contribution in [0.4, 0.5) is 13.2 Å². The van der Waals surface area contributed by atoms with Crippen LogP contribution in [-0.2, 0) is 27.3 Å². The van der Waals surface area contributed by atoms with Crippen LogP contribution in [0, 0.1) is 0 Å². The lowest BCUT2D eigenvalue weighted by Gasteiger charge is -2.10. The average Bonchev–Trinajstić information content (AvgIpc) is 2.68. The summed E-state index contributed by atoms with van der Waals surface area (Å²) in [7, 11) is 1.31. The van der Waals surface area contributed by atoms with Gasteiger partial charge >= 0.3 is 12.1 Å². The summed E-state index contributed by atoms with van der Waals surface area (Å²) < 4.78 is 43.7. The van der Waals surface area contributed by atoms with E-state index in [1.807, 2.05) is 0 Å². The third-order valence-electron chi connectivity index (χ3n) is 3.73. The molecule has 0 amide bonds. The molecule has 0 atom stereocenters. The first kappa shape index (κ1) is 21.9. The topological polar surface area (TPSA) is 69.5 Å². The highest BCUT2D eigenvalue weighted by atomic mass is 19.4. The number of nitrogens with zero attached hydrogens (tertiary/aromatic N) is 2. The van der Waals surface area contributed by atoms with Crippen molar-refractivity contribution in [3.05, 3.63) is 65.2 Å². The molecule has 29 heavy (non-hydrogen) atoms. The molecule has 0 N–H and O–H groups in total. The molecular formula is C20H19F3N2O4. The molecule has 6 nitrogen and oxygen atoms in total. The summed E-state index contributed by atoms with van der Waals surface area (Å²) >= 11 is 0. The van der Waals surface area contributed by atoms with Crippen LogP contribution in [0.25, 0.3) is 0 Å². The first-order chi connectivity index (χ1) is 13.7. The highest BCUT2D eigenvalue weighted by Crippen LogP contribution is 2.29. The number of hydrogen-bond donors (Lipinski definition) is 0. The van der Waals surface area contributed by atoms with Gasteiger partial charge in [-0.25, -0.2) is 4.79 Å². The smallest absolute Gasteiger partial charge is 0.416 e. The number of benzene rings is 2. The second-order valence-electron chi connectivity index (χ2n) is 5.89. The van der Waals surface area contributed by atoms with E-state index in [1.54, 1.807) is 24.3 Å². The minimum absolute atomic E-state index is 0.0293. The first-order valence-electron chi connectivity index (χ1n) is 8.44. The fourth-order valence-electron chi connectivity index (χ4n) is 2.24. The van der Waals surface area contributed by atoms with Crippen LogP contribution >= 0.6 is 0 Å². The van der Waals surface area contributed by atoms with Gasteiger partial charge in [0.15, 0.2) is 5.71 Å². The third-order valence-corrected chi connectivity index (χ3v) is 3.73. The van der Waals surface area contributed by atoms with Crippen molar-refractivity contribution >= 4 is 17.4 Å². The predicted molar refractivity (Wildman–Crippen MR) is 101 cm³/mol. The van der Waals surface area contributed by atoms with Gasteiger partial charge < -0.3 is 14.4 Å². The molecule has 0 aliphatic heterocycles. The summed E-state index contributed by atoms with van der Waals surface area (Å²) in [6.07, 6.45) is -4.44. The van der Waals surface area contributed by atoms with Crippen molar-refractivity contribution in [3.63, 3.8) is 0 Å². The Kier molecular flexibility index (Phi) is 7.35.